The number of β-amino-alcohol motifs (C(OH)–C–C–N with tert-alkyl or cyclic N) is 1. The number of amides is 1. The second kappa shape index (κ2) is 3.87. The Bertz CT molecular complexity index is 226. The molecule has 0 unspecified atom stereocenters. The Morgan fingerprint density at radius 3 is 2.43 bits per heavy atom. The number of hydrogen-bond donors (Lipinski definition) is 1. The van der Waals surface area contributed by atoms with Gasteiger partial charge in [-0.2, -0.15) is 0 Å². The number of rotatable bonds is 1. The van der Waals surface area contributed by atoms with Gasteiger partial charge in [-0.3, -0.25) is 9.69 Å². The topological polar surface area (TPSA) is 43.8 Å². The predicted molar refractivity (Wildman–Crippen MR) is 52.9 cm³/mol. The van der Waals surface area contributed by atoms with Gasteiger partial charge in [-0.25, -0.2) is 0 Å². The molecule has 4 nitrogen and oxygen atoms in total. The van der Waals surface area contributed by atoms with Crippen molar-refractivity contribution in [2.24, 2.45) is 0 Å². The van der Waals surface area contributed by atoms with E-state index >= 15 is 0 Å². The molecule has 2 rings (SSSR count). The van der Waals surface area contributed by atoms with Crippen LogP contribution in [-0.4, -0.2) is 59.1 Å². The zero-order valence-corrected chi connectivity index (χ0v) is 8.65. The standard InChI is InChI=1S/C10H18N2O2/c1-8(13)12-6-9(10(14)7-12)11-4-2-3-5-11/h9-10,14H,2-7H2,1H3/t9-,10-/m1/s1. The molecule has 1 N–H and O–H groups in total. The molecule has 0 aromatic rings. The van der Waals surface area contributed by atoms with Crippen molar-refractivity contribution in [2.75, 3.05) is 26.2 Å². The summed E-state index contributed by atoms with van der Waals surface area (Å²) in [7, 11) is 0. The number of hydrogen-bond acceptors (Lipinski definition) is 3. The Kier molecular flexibility index (Phi) is 2.74. The van der Waals surface area contributed by atoms with Gasteiger partial charge in [0.2, 0.25) is 5.91 Å². The van der Waals surface area contributed by atoms with Crippen LogP contribution in [0.25, 0.3) is 0 Å². The van der Waals surface area contributed by atoms with Gasteiger partial charge in [-0.1, -0.05) is 0 Å². The molecule has 0 spiro atoms. The van der Waals surface area contributed by atoms with Crippen molar-refractivity contribution in [1.29, 1.82) is 0 Å². The maximum absolute atomic E-state index is 11.1. The van der Waals surface area contributed by atoms with Gasteiger partial charge < -0.3 is 10.0 Å². The first-order valence-corrected chi connectivity index (χ1v) is 5.36. The molecule has 0 radical (unpaired) electrons. The van der Waals surface area contributed by atoms with E-state index in [1.807, 2.05) is 0 Å². The van der Waals surface area contributed by atoms with E-state index in [0.29, 0.717) is 13.1 Å². The second-order valence-electron chi connectivity index (χ2n) is 4.30. The lowest BCUT2D eigenvalue weighted by atomic mass is 10.2. The van der Waals surface area contributed by atoms with Crippen LogP contribution in [0.1, 0.15) is 19.8 Å². The number of carbonyl (C=O) groups excluding carboxylic acids is 1. The monoisotopic (exact) mass is 198 g/mol. The maximum Gasteiger partial charge on any atom is 0.219 e. The van der Waals surface area contributed by atoms with Crippen molar-refractivity contribution in [3.63, 3.8) is 0 Å². The van der Waals surface area contributed by atoms with Crippen LogP contribution in [0.15, 0.2) is 0 Å². The molecule has 0 bridgehead atoms. The molecule has 0 aliphatic carbocycles. The van der Waals surface area contributed by atoms with Crippen LogP contribution in [0.2, 0.25) is 0 Å². The Morgan fingerprint density at radius 1 is 1.29 bits per heavy atom. The van der Waals surface area contributed by atoms with Crippen LogP contribution in [0.4, 0.5) is 0 Å². The van der Waals surface area contributed by atoms with E-state index in [0.717, 1.165) is 13.1 Å². The predicted octanol–water partition coefficient (Wildman–Crippen LogP) is -0.326. The number of nitrogens with zero attached hydrogens (tertiary/aromatic N) is 2. The van der Waals surface area contributed by atoms with Gasteiger partial charge in [0.25, 0.3) is 0 Å². The highest BCUT2D eigenvalue weighted by Crippen LogP contribution is 2.20. The molecular formula is C10H18N2O2. The first-order chi connectivity index (χ1) is 6.68. The molecule has 2 heterocycles. The van der Waals surface area contributed by atoms with Gasteiger partial charge in [-0.05, 0) is 25.9 Å². The van der Waals surface area contributed by atoms with E-state index < -0.39 is 0 Å². The maximum atomic E-state index is 11.1. The zero-order chi connectivity index (χ0) is 10.1. The molecule has 2 atom stereocenters. The van der Waals surface area contributed by atoms with Gasteiger partial charge in [0.05, 0.1) is 12.1 Å². The molecule has 2 saturated heterocycles. The lowest BCUT2D eigenvalue weighted by Gasteiger charge is -2.25. The van der Waals surface area contributed by atoms with Crippen molar-refractivity contribution < 1.29 is 9.90 Å². The molecule has 1 amide bonds. The summed E-state index contributed by atoms with van der Waals surface area (Å²) in [6, 6.07) is 0.182. The molecule has 4 heteroatoms. The summed E-state index contributed by atoms with van der Waals surface area (Å²) in [6.07, 6.45) is 2.10. The third-order valence-corrected chi connectivity index (χ3v) is 3.31. The summed E-state index contributed by atoms with van der Waals surface area (Å²) in [5.41, 5.74) is 0. The van der Waals surface area contributed by atoms with Crippen molar-refractivity contribution in [1.82, 2.24) is 9.80 Å². The number of aliphatic hydroxyl groups is 1. The normalized spacial score (nSPS) is 34.0. The van der Waals surface area contributed by atoms with Crippen molar-refractivity contribution >= 4 is 5.91 Å². The molecule has 80 valence electrons. The molecule has 2 fully saturated rings. The third-order valence-electron chi connectivity index (χ3n) is 3.31. The Hall–Kier alpha value is -0.610. The molecule has 0 saturated carbocycles. The van der Waals surface area contributed by atoms with Crippen molar-refractivity contribution in [3.8, 4) is 0 Å². The van der Waals surface area contributed by atoms with Gasteiger partial charge in [0.15, 0.2) is 0 Å². The molecule has 2 aliphatic rings. The summed E-state index contributed by atoms with van der Waals surface area (Å²) in [4.78, 5) is 15.2. The fourth-order valence-electron chi connectivity index (χ4n) is 2.46. The first kappa shape index (κ1) is 9.93. The molecule has 0 aromatic carbocycles. The van der Waals surface area contributed by atoms with E-state index in [2.05, 4.69) is 4.90 Å². The fourth-order valence-corrected chi connectivity index (χ4v) is 2.46. The first-order valence-electron chi connectivity index (χ1n) is 5.36. The summed E-state index contributed by atoms with van der Waals surface area (Å²) >= 11 is 0. The van der Waals surface area contributed by atoms with Crippen molar-refractivity contribution in [2.45, 2.75) is 31.9 Å². The molecule has 2 aliphatic heterocycles. The summed E-state index contributed by atoms with van der Waals surface area (Å²) in [6.45, 7) is 4.94. The number of likely N-dealkylation sites (tertiary alicyclic amines) is 2. The van der Waals surface area contributed by atoms with Gasteiger partial charge in [0, 0.05) is 20.0 Å². The molecular weight excluding hydrogens is 180 g/mol. The van der Waals surface area contributed by atoms with Gasteiger partial charge in [-0.15, -0.1) is 0 Å². The number of aliphatic hydroxyl groups excluding tert-OH is 1. The average Bonchev–Trinajstić information content (AvgIpc) is 2.71. The lowest BCUT2D eigenvalue weighted by Crippen LogP contribution is -2.41. The largest absolute Gasteiger partial charge is 0.390 e. The summed E-state index contributed by atoms with van der Waals surface area (Å²) in [5, 5.41) is 9.83. The Morgan fingerprint density at radius 2 is 1.93 bits per heavy atom. The minimum Gasteiger partial charge on any atom is -0.390 e. The van der Waals surface area contributed by atoms with Crippen LogP contribution in [0.3, 0.4) is 0 Å². The van der Waals surface area contributed by atoms with Crippen LogP contribution in [0, 0.1) is 0 Å². The minimum atomic E-state index is -0.350. The van der Waals surface area contributed by atoms with Crippen LogP contribution in [-0.2, 0) is 4.79 Å². The quantitative estimate of drug-likeness (QED) is 0.627. The van der Waals surface area contributed by atoms with Gasteiger partial charge in [0.1, 0.15) is 0 Å². The van der Waals surface area contributed by atoms with E-state index in [4.69, 9.17) is 0 Å². The molecule has 14 heavy (non-hydrogen) atoms. The fraction of sp³-hybridized carbons (Fsp3) is 0.900. The van der Waals surface area contributed by atoms with Crippen LogP contribution >= 0.6 is 0 Å². The lowest BCUT2D eigenvalue weighted by molar-refractivity contribution is -0.128. The number of carbonyl (C=O) groups is 1. The highest BCUT2D eigenvalue weighted by molar-refractivity contribution is 5.73. The SMILES string of the molecule is CC(=O)N1C[C@@H](O)[C@H](N2CCCC2)C1. The average molecular weight is 198 g/mol. The third kappa shape index (κ3) is 1.77. The van der Waals surface area contributed by atoms with Crippen LogP contribution < -0.4 is 0 Å². The molecule has 0 aromatic heterocycles. The summed E-state index contributed by atoms with van der Waals surface area (Å²) in [5.74, 6) is 0.0748. The zero-order valence-electron chi connectivity index (χ0n) is 8.65. The van der Waals surface area contributed by atoms with E-state index in [9.17, 15) is 9.90 Å². The van der Waals surface area contributed by atoms with E-state index in [1.165, 1.54) is 12.8 Å². The van der Waals surface area contributed by atoms with Gasteiger partial charge >= 0.3 is 0 Å². The Balaban J connectivity index is 1.96. The Labute approximate surface area is 84.5 Å². The second-order valence-corrected chi connectivity index (χ2v) is 4.30. The van der Waals surface area contributed by atoms with Crippen LogP contribution in [0.5, 0.6) is 0 Å². The van der Waals surface area contributed by atoms with E-state index in [-0.39, 0.29) is 18.1 Å². The van der Waals surface area contributed by atoms with Crippen molar-refractivity contribution in [3.05, 3.63) is 0 Å². The highest BCUT2D eigenvalue weighted by atomic mass is 16.3. The minimum absolute atomic E-state index is 0.0748. The summed E-state index contributed by atoms with van der Waals surface area (Å²) < 4.78 is 0. The highest BCUT2D eigenvalue weighted by Gasteiger charge is 2.37. The van der Waals surface area contributed by atoms with E-state index in [1.54, 1.807) is 11.8 Å². The smallest absolute Gasteiger partial charge is 0.219 e.